The van der Waals surface area contributed by atoms with E-state index in [0.29, 0.717) is 0 Å². The number of aryl methyl sites for hydroxylation is 1. The van der Waals surface area contributed by atoms with Gasteiger partial charge in [0, 0.05) is 37.1 Å². The van der Waals surface area contributed by atoms with Crippen molar-refractivity contribution >= 4 is 21.8 Å². The minimum atomic E-state index is 0.179. The highest BCUT2D eigenvalue weighted by Crippen LogP contribution is 2.13. The molecular weight excluding hydrogens is 304 g/mol. The average molecular weight is 325 g/mol. The zero-order valence-electron chi connectivity index (χ0n) is 11.4. The van der Waals surface area contributed by atoms with E-state index in [1.54, 1.807) is 0 Å². The van der Waals surface area contributed by atoms with Crippen LogP contribution in [-0.4, -0.2) is 53.8 Å². The molecule has 0 aliphatic carbocycles. The molecule has 1 aromatic carbocycles. The summed E-state index contributed by atoms with van der Waals surface area (Å²) in [5, 5.41) is 0.999. The first-order valence-electron chi connectivity index (χ1n) is 6.85. The second kappa shape index (κ2) is 7.06. The van der Waals surface area contributed by atoms with E-state index in [-0.39, 0.29) is 5.91 Å². The van der Waals surface area contributed by atoms with Crippen LogP contribution in [0.4, 0.5) is 0 Å². The van der Waals surface area contributed by atoms with E-state index < -0.39 is 0 Å². The predicted octanol–water partition coefficient (Wildman–Crippen LogP) is 2.54. The van der Waals surface area contributed by atoms with Crippen molar-refractivity contribution in [1.82, 2.24) is 9.80 Å². The largest absolute Gasteiger partial charge is 0.337 e. The fourth-order valence-corrected chi connectivity index (χ4v) is 3.00. The van der Waals surface area contributed by atoms with Crippen molar-refractivity contribution in [2.75, 3.05) is 38.1 Å². The first-order chi connectivity index (χ1) is 9.22. The summed E-state index contributed by atoms with van der Waals surface area (Å²) in [6.07, 6.45) is 1.06. The monoisotopic (exact) mass is 324 g/mol. The fourth-order valence-electron chi connectivity index (χ4n) is 2.50. The first kappa shape index (κ1) is 14.5. The number of carbonyl (C=O) groups excluding carboxylic acids is 1. The molecule has 19 heavy (non-hydrogen) atoms. The molecule has 1 fully saturated rings. The van der Waals surface area contributed by atoms with Crippen LogP contribution in [0, 0.1) is 6.92 Å². The Morgan fingerprint density at radius 2 is 2.00 bits per heavy atom. The van der Waals surface area contributed by atoms with Crippen molar-refractivity contribution < 1.29 is 4.79 Å². The van der Waals surface area contributed by atoms with E-state index >= 15 is 0 Å². The molecule has 2 rings (SSSR count). The Hall–Kier alpha value is -0.870. The molecule has 1 saturated heterocycles. The van der Waals surface area contributed by atoms with Gasteiger partial charge in [-0.2, -0.15) is 0 Å². The summed E-state index contributed by atoms with van der Waals surface area (Å²) in [6.45, 7) is 6.83. The van der Waals surface area contributed by atoms with E-state index in [2.05, 4.69) is 20.8 Å². The lowest BCUT2D eigenvalue weighted by Crippen LogP contribution is -2.35. The summed E-state index contributed by atoms with van der Waals surface area (Å²) in [7, 11) is 0. The second-order valence-corrected chi connectivity index (χ2v) is 5.78. The maximum Gasteiger partial charge on any atom is 0.254 e. The molecular formula is C15H21BrN2O. The molecule has 1 heterocycles. The van der Waals surface area contributed by atoms with Crippen LogP contribution in [0.15, 0.2) is 24.3 Å². The first-order valence-corrected chi connectivity index (χ1v) is 7.97. The number of alkyl halides is 1. The van der Waals surface area contributed by atoms with Crippen LogP contribution in [0.25, 0.3) is 0 Å². The van der Waals surface area contributed by atoms with Gasteiger partial charge in [0.25, 0.3) is 5.91 Å². The highest BCUT2D eigenvalue weighted by atomic mass is 79.9. The van der Waals surface area contributed by atoms with Gasteiger partial charge in [-0.15, -0.1) is 0 Å². The zero-order chi connectivity index (χ0) is 13.7. The van der Waals surface area contributed by atoms with Gasteiger partial charge in [-0.1, -0.05) is 34.1 Å². The molecule has 1 aliphatic rings. The summed E-state index contributed by atoms with van der Waals surface area (Å²) in [6, 6.07) is 7.85. The van der Waals surface area contributed by atoms with Crippen LogP contribution in [0.2, 0.25) is 0 Å². The molecule has 0 N–H and O–H groups in total. The third-order valence-corrected chi connectivity index (χ3v) is 4.01. The number of rotatable bonds is 3. The number of hydrogen-bond donors (Lipinski definition) is 0. The highest BCUT2D eigenvalue weighted by Gasteiger charge is 2.20. The van der Waals surface area contributed by atoms with Crippen LogP contribution in [0.1, 0.15) is 22.3 Å². The van der Waals surface area contributed by atoms with E-state index in [1.165, 1.54) is 0 Å². The number of halogens is 1. The summed E-state index contributed by atoms with van der Waals surface area (Å²) >= 11 is 3.48. The number of hydrogen-bond acceptors (Lipinski definition) is 2. The van der Waals surface area contributed by atoms with Crippen molar-refractivity contribution in [2.24, 2.45) is 0 Å². The van der Waals surface area contributed by atoms with Gasteiger partial charge in [0.05, 0.1) is 0 Å². The molecule has 0 saturated carbocycles. The van der Waals surface area contributed by atoms with E-state index in [1.807, 2.05) is 36.1 Å². The minimum absolute atomic E-state index is 0.179. The molecule has 0 atom stereocenters. The van der Waals surface area contributed by atoms with Crippen LogP contribution in [0.3, 0.4) is 0 Å². The summed E-state index contributed by atoms with van der Waals surface area (Å²) in [5.41, 5.74) is 1.91. The van der Waals surface area contributed by atoms with Gasteiger partial charge in [-0.05, 0) is 31.5 Å². The van der Waals surface area contributed by atoms with E-state index in [9.17, 15) is 4.79 Å². The number of amides is 1. The highest BCUT2D eigenvalue weighted by molar-refractivity contribution is 9.09. The maximum atomic E-state index is 12.5. The van der Waals surface area contributed by atoms with Crippen LogP contribution < -0.4 is 0 Å². The van der Waals surface area contributed by atoms with Crippen molar-refractivity contribution in [2.45, 2.75) is 13.3 Å². The summed E-state index contributed by atoms with van der Waals surface area (Å²) < 4.78 is 0. The smallest absolute Gasteiger partial charge is 0.254 e. The molecule has 4 heteroatoms. The molecule has 0 radical (unpaired) electrons. The number of benzene rings is 1. The average Bonchev–Trinajstić information content (AvgIpc) is 2.65. The molecule has 1 aromatic rings. The lowest BCUT2D eigenvalue weighted by atomic mass is 10.1. The molecule has 0 bridgehead atoms. The van der Waals surface area contributed by atoms with Crippen molar-refractivity contribution in [1.29, 1.82) is 0 Å². The standard InChI is InChI=1S/C15H21BrN2O/c1-13-5-2-3-6-14(13)15(19)18-9-4-8-17(10-7-16)11-12-18/h2-3,5-6H,4,7-12H2,1H3. The van der Waals surface area contributed by atoms with Gasteiger partial charge in [-0.25, -0.2) is 0 Å². The van der Waals surface area contributed by atoms with Crippen molar-refractivity contribution in [3.05, 3.63) is 35.4 Å². The van der Waals surface area contributed by atoms with Gasteiger partial charge in [0.2, 0.25) is 0 Å². The molecule has 1 amide bonds. The van der Waals surface area contributed by atoms with E-state index in [0.717, 1.165) is 55.6 Å². The number of carbonyl (C=O) groups is 1. The minimum Gasteiger partial charge on any atom is -0.337 e. The Kier molecular flexibility index (Phi) is 5.40. The van der Waals surface area contributed by atoms with Gasteiger partial charge < -0.3 is 9.80 Å². The van der Waals surface area contributed by atoms with Crippen molar-refractivity contribution in [3.8, 4) is 0 Å². The lowest BCUT2D eigenvalue weighted by Gasteiger charge is -2.22. The quantitative estimate of drug-likeness (QED) is 0.798. The third-order valence-electron chi connectivity index (χ3n) is 3.65. The van der Waals surface area contributed by atoms with E-state index in [4.69, 9.17) is 0 Å². The Bertz CT molecular complexity index is 436. The molecule has 0 unspecified atom stereocenters. The number of nitrogens with zero attached hydrogens (tertiary/aromatic N) is 2. The zero-order valence-corrected chi connectivity index (χ0v) is 13.0. The molecule has 3 nitrogen and oxygen atoms in total. The van der Waals surface area contributed by atoms with Gasteiger partial charge >= 0.3 is 0 Å². The lowest BCUT2D eigenvalue weighted by molar-refractivity contribution is 0.0761. The van der Waals surface area contributed by atoms with Crippen LogP contribution in [0.5, 0.6) is 0 Å². The van der Waals surface area contributed by atoms with Crippen LogP contribution in [-0.2, 0) is 0 Å². The SMILES string of the molecule is Cc1ccccc1C(=O)N1CCCN(CCBr)CC1. The van der Waals surface area contributed by atoms with Gasteiger partial charge in [-0.3, -0.25) is 4.79 Å². The Labute approximate surface area is 123 Å². The third kappa shape index (κ3) is 3.80. The molecule has 1 aliphatic heterocycles. The summed E-state index contributed by atoms with van der Waals surface area (Å²) in [5.74, 6) is 0.179. The Morgan fingerprint density at radius 3 is 2.74 bits per heavy atom. The normalized spacial score (nSPS) is 17.3. The fraction of sp³-hybridized carbons (Fsp3) is 0.533. The predicted molar refractivity (Wildman–Crippen MR) is 81.9 cm³/mol. The van der Waals surface area contributed by atoms with Gasteiger partial charge in [0.1, 0.15) is 0 Å². The Balaban J connectivity index is 2.02. The molecule has 0 aromatic heterocycles. The topological polar surface area (TPSA) is 23.6 Å². The molecule has 0 spiro atoms. The van der Waals surface area contributed by atoms with Crippen LogP contribution >= 0.6 is 15.9 Å². The molecule has 104 valence electrons. The van der Waals surface area contributed by atoms with Gasteiger partial charge in [0.15, 0.2) is 0 Å². The second-order valence-electron chi connectivity index (χ2n) is 4.99. The summed E-state index contributed by atoms with van der Waals surface area (Å²) in [4.78, 5) is 16.9. The Morgan fingerprint density at radius 1 is 1.21 bits per heavy atom. The maximum absolute atomic E-state index is 12.5. The van der Waals surface area contributed by atoms with Crippen molar-refractivity contribution in [3.63, 3.8) is 0 Å².